The molecule has 6 nitrogen and oxygen atoms in total. The van der Waals surface area contributed by atoms with Crippen molar-refractivity contribution >= 4 is 5.91 Å². The van der Waals surface area contributed by atoms with Crippen molar-refractivity contribution in [3.8, 4) is 0 Å². The Morgan fingerprint density at radius 2 is 2.47 bits per heavy atom. The summed E-state index contributed by atoms with van der Waals surface area (Å²) in [5.74, 6) is -0.286. The third-order valence-corrected chi connectivity index (χ3v) is 2.81. The minimum absolute atomic E-state index is 0.146. The number of rotatable bonds is 2. The number of hydrogen-bond donors (Lipinski definition) is 2. The quantitative estimate of drug-likeness (QED) is 0.703. The van der Waals surface area contributed by atoms with Crippen molar-refractivity contribution in [2.24, 2.45) is 5.73 Å². The Morgan fingerprint density at radius 1 is 1.65 bits per heavy atom. The van der Waals surface area contributed by atoms with E-state index in [0.29, 0.717) is 26.3 Å². The van der Waals surface area contributed by atoms with Gasteiger partial charge in [-0.2, -0.15) is 0 Å². The summed E-state index contributed by atoms with van der Waals surface area (Å²) in [7, 11) is 0. The van der Waals surface area contributed by atoms with Gasteiger partial charge in [-0.1, -0.05) is 0 Å². The van der Waals surface area contributed by atoms with Crippen molar-refractivity contribution in [1.29, 1.82) is 0 Å². The van der Waals surface area contributed by atoms with Crippen molar-refractivity contribution in [3.63, 3.8) is 0 Å². The van der Waals surface area contributed by atoms with Gasteiger partial charge in [0.15, 0.2) is 5.43 Å². The summed E-state index contributed by atoms with van der Waals surface area (Å²) in [4.78, 5) is 28.1. The van der Waals surface area contributed by atoms with Crippen molar-refractivity contribution in [1.82, 2.24) is 9.88 Å². The molecule has 2 rings (SSSR count). The van der Waals surface area contributed by atoms with E-state index in [0.717, 1.165) is 0 Å². The van der Waals surface area contributed by atoms with Crippen LogP contribution >= 0.6 is 0 Å². The van der Waals surface area contributed by atoms with Crippen LogP contribution in [-0.4, -0.2) is 48.1 Å². The zero-order valence-electron chi connectivity index (χ0n) is 9.39. The third-order valence-electron chi connectivity index (χ3n) is 2.81. The zero-order valence-corrected chi connectivity index (χ0v) is 9.39. The summed E-state index contributed by atoms with van der Waals surface area (Å²) in [6.45, 7) is 1.70. The molecule has 1 aliphatic rings. The van der Waals surface area contributed by atoms with Crippen molar-refractivity contribution in [3.05, 3.63) is 34.2 Å². The van der Waals surface area contributed by atoms with E-state index in [1.54, 1.807) is 4.90 Å². The summed E-state index contributed by atoms with van der Waals surface area (Å²) in [6, 6.07) is 1.18. The minimum atomic E-state index is -0.286. The number of amides is 1. The van der Waals surface area contributed by atoms with Gasteiger partial charge in [-0.15, -0.1) is 0 Å². The first-order chi connectivity index (χ1) is 8.24. The molecule has 1 unspecified atom stereocenters. The van der Waals surface area contributed by atoms with E-state index in [2.05, 4.69) is 4.98 Å². The largest absolute Gasteiger partial charge is 0.377 e. The molecule has 6 heteroatoms. The molecule has 1 aromatic heterocycles. The Balaban J connectivity index is 2.24. The predicted octanol–water partition coefficient (Wildman–Crippen LogP) is -0.825. The minimum Gasteiger partial charge on any atom is -0.377 e. The molecule has 3 N–H and O–H groups in total. The van der Waals surface area contributed by atoms with Crippen molar-refractivity contribution in [2.45, 2.75) is 6.04 Å². The van der Waals surface area contributed by atoms with E-state index in [4.69, 9.17) is 10.5 Å². The lowest BCUT2D eigenvalue weighted by Crippen LogP contribution is -2.52. The summed E-state index contributed by atoms with van der Waals surface area (Å²) in [5.41, 5.74) is 5.45. The van der Waals surface area contributed by atoms with Gasteiger partial charge in [0.2, 0.25) is 0 Å². The fourth-order valence-electron chi connectivity index (χ4n) is 1.86. The highest BCUT2D eigenvalue weighted by molar-refractivity contribution is 5.94. The van der Waals surface area contributed by atoms with Gasteiger partial charge in [-0.05, 0) is 0 Å². The molecule has 0 aromatic carbocycles. The van der Waals surface area contributed by atoms with Crippen LogP contribution in [0.3, 0.4) is 0 Å². The molecule has 0 aliphatic carbocycles. The standard InChI is InChI=1S/C11H15N3O3/c12-5-8-7-17-4-3-14(8)11(16)9-6-13-2-1-10(9)15/h1-2,6,8H,3-5,7,12H2,(H,13,15). The van der Waals surface area contributed by atoms with E-state index in [-0.39, 0.29) is 22.9 Å². The summed E-state index contributed by atoms with van der Waals surface area (Å²) >= 11 is 0. The molecule has 1 aromatic rings. The van der Waals surface area contributed by atoms with Gasteiger partial charge in [-0.3, -0.25) is 9.59 Å². The first kappa shape index (κ1) is 11.8. The molecule has 17 heavy (non-hydrogen) atoms. The molecule has 1 fully saturated rings. The van der Waals surface area contributed by atoms with Crippen LogP contribution in [0.25, 0.3) is 0 Å². The average molecular weight is 237 g/mol. The monoisotopic (exact) mass is 237 g/mol. The second-order valence-electron chi connectivity index (χ2n) is 3.89. The number of nitrogens with zero attached hydrogens (tertiary/aromatic N) is 1. The van der Waals surface area contributed by atoms with Crippen LogP contribution < -0.4 is 11.2 Å². The molecular weight excluding hydrogens is 222 g/mol. The van der Waals surface area contributed by atoms with Gasteiger partial charge >= 0.3 is 0 Å². The van der Waals surface area contributed by atoms with Crippen LogP contribution in [0.1, 0.15) is 10.4 Å². The van der Waals surface area contributed by atoms with E-state index in [1.165, 1.54) is 18.5 Å². The van der Waals surface area contributed by atoms with E-state index >= 15 is 0 Å². The number of aromatic nitrogens is 1. The SMILES string of the molecule is NCC1COCCN1C(=O)c1c[nH]ccc1=O. The van der Waals surface area contributed by atoms with Crippen LogP contribution in [0.5, 0.6) is 0 Å². The van der Waals surface area contributed by atoms with Gasteiger partial charge < -0.3 is 20.4 Å². The fraction of sp³-hybridized carbons (Fsp3) is 0.455. The fourth-order valence-corrected chi connectivity index (χ4v) is 1.86. The first-order valence-corrected chi connectivity index (χ1v) is 5.50. The number of carbonyl (C=O) groups is 1. The Labute approximate surface area is 98.4 Å². The maximum absolute atomic E-state index is 12.2. The maximum atomic E-state index is 12.2. The number of ether oxygens (including phenoxy) is 1. The van der Waals surface area contributed by atoms with Crippen molar-refractivity contribution in [2.75, 3.05) is 26.3 Å². The Morgan fingerprint density at radius 3 is 3.18 bits per heavy atom. The summed E-state index contributed by atoms with van der Waals surface area (Å²) in [5, 5.41) is 0. The van der Waals surface area contributed by atoms with Gasteiger partial charge in [0, 0.05) is 31.5 Å². The van der Waals surface area contributed by atoms with Gasteiger partial charge in [0.05, 0.1) is 19.3 Å². The molecule has 0 saturated carbocycles. The lowest BCUT2D eigenvalue weighted by atomic mass is 10.1. The number of nitrogens with two attached hydrogens (primary N) is 1. The lowest BCUT2D eigenvalue weighted by Gasteiger charge is -2.34. The number of hydrogen-bond acceptors (Lipinski definition) is 4. The molecule has 92 valence electrons. The third kappa shape index (κ3) is 2.37. The van der Waals surface area contributed by atoms with Gasteiger partial charge in [0.25, 0.3) is 5.91 Å². The van der Waals surface area contributed by atoms with E-state index < -0.39 is 0 Å². The number of H-pyrrole nitrogens is 1. The average Bonchev–Trinajstić information content (AvgIpc) is 2.38. The van der Waals surface area contributed by atoms with E-state index in [9.17, 15) is 9.59 Å². The van der Waals surface area contributed by atoms with Crippen LogP contribution in [-0.2, 0) is 4.74 Å². The van der Waals surface area contributed by atoms with Gasteiger partial charge in [0.1, 0.15) is 5.56 Å². The predicted molar refractivity (Wildman–Crippen MR) is 61.8 cm³/mol. The van der Waals surface area contributed by atoms with Crippen molar-refractivity contribution < 1.29 is 9.53 Å². The first-order valence-electron chi connectivity index (χ1n) is 5.50. The highest BCUT2D eigenvalue weighted by Gasteiger charge is 2.28. The molecule has 1 atom stereocenters. The Kier molecular flexibility index (Phi) is 3.55. The summed E-state index contributed by atoms with van der Waals surface area (Å²) in [6.07, 6.45) is 2.92. The zero-order chi connectivity index (χ0) is 12.3. The molecule has 1 amide bonds. The van der Waals surface area contributed by atoms with Crippen LogP contribution in [0, 0.1) is 0 Å². The highest BCUT2D eigenvalue weighted by Crippen LogP contribution is 2.09. The molecule has 0 bridgehead atoms. The topological polar surface area (TPSA) is 88.4 Å². The molecule has 1 aliphatic heterocycles. The number of aromatic amines is 1. The van der Waals surface area contributed by atoms with Crippen LogP contribution in [0.2, 0.25) is 0 Å². The number of carbonyl (C=O) groups excluding carboxylic acids is 1. The number of pyridine rings is 1. The smallest absolute Gasteiger partial charge is 0.259 e. The highest BCUT2D eigenvalue weighted by atomic mass is 16.5. The molecule has 0 radical (unpaired) electrons. The number of morpholine rings is 1. The normalized spacial score (nSPS) is 20.3. The molecule has 2 heterocycles. The number of nitrogens with one attached hydrogen (secondary N) is 1. The van der Waals surface area contributed by atoms with E-state index in [1.807, 2.05) is 0 Å². The maximum Gasteiger partial charge on any atom is 0.259 e. The Bertz CT molecular complexity index is 457. The van der Waals surface area contributed by atoms with Crippen LogP contribution in [0.4, 0.5) is 0 Å². The van der Waals surface area contributed by atoms with Gasteiger partial charge in [-0.25, -0.2) is 0 Å². The molecule has 1 saturated heterocycles. The lowest BCUT2D eigenvalue weighted by molar-refractivity contribution is 0.000747. The summed E-state index contributed by atoms with van der Waals surface area (Å²) < 4.78 is 5.26. The second kappa shape index (κ2) is 5.11. The Hall–Kier alpha value is -1.66. The molecular formula is C11H15N3O3. The van der Waals surface area contributed by atoms with Crippen LogP contribution in [0.15, 0.2) is 23.3 Å². The molecule has 0 spiro atoms. The second-order valence-corrected chi connectivity index (χ2v) is 3.89.